The summed E-state index contributed by atoms with van der Waals surface area (Å²) in [5.74, 6) is 0.763. The Hall–Kier alpha value is -2.93. The second-order valence-corrected chi connectivity index (χ2v) is 6.10. The van der Waals surface area contributed by atoms with Crippen molar-refractivity contribution in [3.63, 3.8) is 0 Å². The molecule has 0 saturated carbocycles. The number of para-hydroxylation sites is 3. The summed E-state index contributed by atoms with van der Waals surface area (Å²) in [6, 6.07) is 17.3. The number of rotatable bonds is 4. The molecule has 24 heavy (non-hydrogen) atoms. The van der Waals surface area contributed by atoms with Gasteiger partial charge in [0.1, 0.15) is 5.04 Å². The first-order valence-corrected chi connectivity index (χ1v) is 8.37. The highest BCUT2D eigenvalue weighted by molar-refractivity contribution is 8.16. The van der Waals surface area contributed by atoms with Crippen LogP contribution in [0.1, 0.15) is 5.82 Å². The van der Waals surface area contributed by atoms with Crippen molar-refractivity contribution >= 4 is 45.1 Å². The second-order valence-electron chi connectivity index (χ2n) is 5.14. The number of nitrogens with zero attached hydrogens (tertiary/aromatic N) is 3. The summed E-state index contributed by atoms with van der Waals surface area (Å²) in [6.45, 7) is 0. The van der Waals surface area contributed by atoms with Gasteiger partial charge in [0, 0.05) is 0 Å². The van der Waals surface area contributed by atoms with Crippen molar-refractivity contribution in [1.82, 2.24) is 9.97 Å². The van der Waals surface area contributed by atoms with Crippen LogP contribution in [0, 0.1) is 0 Å². The van der Waals surface area contributed by atoms with E-state index in [2.05, 4.69) is 25.5 Å². The number of fused-ring (bicyclic) bond motifs is 1. The molecule has 2 heterocycles. The highest BCUT2D eigenvalue weighted by Crippen LogP contribution is 2.19. The van der Waals surface area contributed by atoms with E-state index in [0.29, 0.717) is 22.3 Å². The van der Waals surface area contributed by atoms with Crippen LogP contribution in [0.2, 0.25) is 0 Å². The Morgan fingerprint density at radius 2 is 1.92 bits per heavy atom. The highest BCUT2D eigenvalue weighted by atomic mass is 32.2. The fraction of sp³-hybridized carbons (Fsp3) is 0.0588. The molecule has 0 radical (unpaired) electrons. The zero-order valence-corrected chi connectivity index (χ0v) is 13.4. The summed E-state index contributed by atoms with van der Waals surface area (Å²) in [5, 5.41) is 5.02. The molecular formula is C17H13N5OS. The van der Waals surface area contributed by atoms with Crippen LogP contribution in [-0.4, -0.2) is 32.4 Å². The molecular weight excluding hydrogens is 322 g/mol. The van der Waals surface area contributed by atoms with E-state index in [-0.39, 0.29) is 5.91 Å². The van der Waals surface area contributed by atoms with Crippen LogP contribution in [0.15, 0.2) is 64.7 Å². The van der Waals surface area contributed by atoms with Gasteiger partial charge in [-0.15, -0.1) is 0 Å². The smallest absolute Gasteiger partial charge is 0.257 e. The average molecular weight is 335 g/mol. The van der Waals surface area contributed by atoms with Crippen LogP contribution in [0.25, 0.3) is 11.0 Å². The number of nitrogens with one attached hydrogen (secondary N) is 2. The fourth-order valence-corrected chi connectivity index (χ4v) is 3.10. The number of carbonyl (C=O) groups is 1. The number of amides is 1. The van der Waals surface area contributed by atoms with Crippen molar-refractivity contribution < 1.29 is 4.79 Å². The molecule has 1 amide bonds. The lowest BCUT2D eigenvalue weighted by Crippen LogP contribution is -2.15. The molecule has 0 saturated heterocycles. The van der Waals surface area contributed by atoms with Gasteiger partial charge in [-0.05, 0) is 24.3 Å². The molecule has 0 unspecified atom stereocenters. The number of thioether (sulfide) groups is 1. The van der Waals surface area contributed by atoms with Crippen molar-refractivity contribution in [3.05, 3.63) is 60.4 Å². The first-order valence-electron chi connectivity index (χ1n) is 7.38. The highest BCUT2D eigenvalue weighted by Gasteiger charge is 2.23. The molecule has 1 aliphatic rings. The molecule has 118 valence electrons. The predicted octanol–water partition coefficient (Wildman–Crippen LogP) is 3.05. The molecule has 0 fully saturated rings. The predicted molar refractivity (Wildman–Crippen MR) is 97.6 cm³/mol. The number of H-pyrrole nitrogens is 1. The summed E-state index contributed by atoms with van der Waals surface area (Å²) in [6.07, 6.45) is 0. The number of aliphatic imine (C=N–C) groups is 1. The zero-order chi connectivity index (χ0) is 16.4. The Morgan fingerprint density at radius 1 is 1.12 bits per heavy atom. The van der Waals surface area contributed by atoms with E-state index in [0.717, 1.165) is 16.7 Å². The average Bonchev–Trinajstić information content (AvgIpc) is 3.22. The minimum atomic E-state index is -0.154. The normalized spacial score (nSPS) is 14.9. The Kier molecular flexibility index (Phi) is 3.84. The maximum atomic E-state index is 11.5. The molecule has 2 N–H and O–H groups in total. The van der Waals surface area contributed by atoms with Crippen LogP contribution >= 0.6 is 11.8 Å². The SMILES string of the molecule is O=C1CSC(C(=NNc2ccccc2)c2nc3ccccc3[nH]2)=N1. The Morgan fingerprint density at radius 3 is 2.67 bits per heavy atom. The number of hydrogen-bond acceptors (Lipinski definition) is 5. The van der Waals surface area contributed by atoms with Crippen molar-refractivity contribution in [2.75, 3.05) is 11.2 Å². The molecule has 0 bridgehead atoms. The second kappa shape index (κ2) is 6.29. The standard InChI is InChI=1S/C17H13N5OS/c23-14-10-24-17(20-14)15(22-21-11-6-2-1-3-7-11)16-18-12-8-4-5-9-13(12)19-16/h1-9,21H,10H2,(H,18,19). The minimum absolute atomic E-state index is 0.154. The van der Waals surface area contributed by atoms with E-state index in [1.807, 2.05) is 54.6 Å². The van der Waals surface area contributed by atoms with E-state index >= 15 is 0 Å². The Labute approximate surface area is 142 Å². The van der Waals surface area contributed by atoms with E-state index in [1.165, 1.54) is 11.8 Å². The molecule has 0 spiro atoms. The molecule has 1 aromatic heterocycles. The van der Waals surface area contributed by atoms with E-state index in [1.54, 1.807) is 0 Å². The van der Waals surface area contributed by atoms with Crippen molar-refractivity contribution in [2.45, 2.75) is 0 Å². The molecule has 0 aliphatic carbocycles. The molecule has 0 atom stereocenters. The zero-order valence-electron chi connectivity index (χ0n) is 12.6. The van der Waals surface area contributed by atoms with Crippen LogP contribution in [0.4, 0.5) is 5.69 Å². The van der Waals surface area contributed by atoms with E-state index in [4.69, 9.17) is 0 Å². The summed E-state index contributed by atoms with van der Waals surface area (Å²) < 4.78 is 0. The third-order valence-corrected chi connectivity index (χ3v) is 4.39. The fourth-order valence-electron chi connectivity index (χ4n) is 2.33. The monoisotopic (exact) mass is 335 g/mol. The van der Waals surface area contributed by atoms with Crippen molar-refractivity contribution in [2.24, 2.45) is 10.1 Å². The van der Waals surface area contributed by atoms with Crippen LogP contribution in [0.5, 0.6) is 0 Å². The number of aromatic nitrogens is 2. The van der Waals surface area contributed by atoms with Gasteiger partial charge in [0.25, 0.3) is 5.91 Å². The summed E-state index contributed by atoms with van der Waals surface area (Å²) in [5.41, 5.74) is 6.14. The van der Waals surface area contributed by atoms with Crippen molar-refractivity contribution in [3.8, 4) is 0 Å². The van der Waals surface area contributed by atoms with Gasteiger partial charge >= 0.3 is 0 Å². The number of benzene rings is 2. The quantitative estimate of drug-likeness (QED) is 0.567. The molecule has 4 rings (SSSR count). The van der Waals surface area contributed by atoms with Gasteiger partial charge in [-0.3, -0.25) is 10.2 Å². The lowest BCUT2D eigenvalue weighted by Gasteiger charge is -2.04. The minimum Gasteiger partial charge on any atom is -0.337 e. The number of imidazole rings is 1. The summed E-state index contributed by atoms with van der Waals surface area (Å²) in [7, 11) is 0. The van der Waals surface area contributed by atoms with Crippen LogP contribution in [0.3, 0.4) is 0 Å². The van der Waals surface area contributed by atoms with E-state index in [9.17, 15) is 4.79 Å². The first kappa shape index (κ1) is 14.6. The van der Waals surface area contributed by atoms with Gasteiger partial charge in [-0.2, -0.15) is 5.10 Å². The molecule has 6 nitrogen and oxygen atoms in total. The van der Waals surface area contributed by atoms with Gasteiger partial charge in [0.2, 0.25) is 0 Å². The number of aromatic amines is 1. The third-order valence-electron chi connectivity index (χ3n) is 3.45. The van der Waals surface area contributed by atoms with Gasteiger partial charge in [-0.1, -0.05) is 42.1 Å². The number of hydrogen-bond donors (Lipinski definition) is 2. The van der Waals surface area contributed by atoms with Gasteiger partial charge in [0.05, 0.1) is 22.5 Å². The van der Waals surface area contributed by atoms with Crippen molar-refractivity contribution in [1.29, 1.82) is 0 Å². The summed E-state index contributed by atoms with van der Waals surface area (Å²) in [4.78, 5) is 23.4. The molecule has 7 heteroatoms. The van der Waals surface area contributed by atoms with Crippen LogP contribution < -0.4 is 5.43 Å². The Balaban J connectivity index is 1.75. The third kappa shape index (κ3) is 2.93. The molecule has 2 aromatic carbocycles. The van der Waals surface area contributed by atoms with Gasteiger partial charge in [-0.25, -0.2) is 9.98 Å². The largest absolute Gasteiger partial charge is 0.337 e. The number of anilines is 1. The molecule has 3 aromatic rings. The molecule has 1 aliphatic heterocycles. The Bertz CT molecular complexity index is 928. The number of carbonyl (C=O) groups excluding carboxylic acids is 1. The topological polar surface area (TPSA) is 82.5 Å². The van der Waals surface area contributed by atoms with Gasteiger partial charge < -0.3 is 4.98 Å². The summed E-state index contributed by atoms with van der Waals surface area (Å²) >= 11 is 1.37. The number of hydrazone groups is 1. The van der Waals surface area contributed by atoms with Crippen LogP contribution in [-0.2, 0) is 4.79 Å². The maximum absolute atomic E-state index is 11.5. The van der Waals surface area contributed by atoms with Gasteiger partial charge in [0.15, 0.2) is 11.5 Å². The van der Waals surface area contributed by atoms with E-state index < -0.39 is 0 Å². The first-order chi connectivity index (χ1) is 11.8. The maximum Gasteiger partial charge on any atom is 0.257 e. The lowest BCUT2D eigenvalue weighted by molar-refractivity contribution is -0.115. The lowest BCUT2D eigenvalue weighted by atomic mass is 10.3.